The summed E-state index contributed by atoms with van der Waals surface area (Å²) in [7, 11) is 0. The van der Waals surface area contributed by atoms with Gasteiger partial charge in [-0.3, -0.25) is 0 Å². The van der Waals surface area contributed by atoms with Crippen LogP contribution in [0.3, 0.4) is 0 Å². The van der Waals surface area contributed by atoms with E-state index in [9.17, 15) is 13.2 Å². The summed E-state index contributed by atoms with van der Waals surface area (Å²) in [5.41, 5.74) is 5.31. The van der Waals surface area contributed by atoms with E-state index in [1.807, 2.05) is 4.90 Å². The third-order valence-electron chi connectivity index (χ3n) is 3.64. The van der Waals surface area contributed by atoms with Crippen LogP contribution in [0.1, 0.15) is 24.8 Å². The zero-order chi connectivity index (χ0) is 13.9. The Bertz CT molecular complexity index is 415. The first-order valence-electron chi connectivity index (χ1n) is 6.63. The molecule has 0 spiro atoms. The summed E-state index contributed by atoms with van der Waals surface area (Å²) in [5.74, 6) is 0.403. The second-order valence-corrected chi connectivity index (χ2v) is 5.05. The number of piperidine rings is 1. The van der Waals surface area contributed by atoms with E-state index >= 15 is 0 Å². The van der Waals surface area contributed by atoms with Crippen LogP contribution in [0.15, 0.2) is 24.3 Å². The minimum absolute atomic E-state index is 0.303. The Balaban J connectivity index is 2.21. The van der Waals surface area contributed by atoms with Gasteiger partial charge in [0.15, 0.2) is 0 Å². The largest absolute Gasteiger partial charge is 0.418 e. The van der Waals surface area contributed by atoms with Crippen molar-refractivity contribution in [3.05, 3.63) is 29.8 Å². The lowest BCUT2D eigenvalue weighted by atomic mass is 9.94. The highest BCUT2D eigenvalue weighted by Gasteiger charge is 2.35. The van der Waals surface area contributed by atoms with Crippen molar-refractivity contribution in [3.63, 3.8) is 0 Å². The number of para-hydroxylation sites is 1. The van der Waals surface area contributed by atoms with Crippen LogP contribution < -0.4 is 10.6 Å². The molecule has 5 heteroatoms. The molecule has 0 aromatic heterocycles. The summed E-state index contributed by atoms with van der Waals surface area (Å²) in [6.07, 6.45) is -1.43. The van der Waals surface area contributed by atoms with Crippen LogP contribution in [0.5, 0.6) is 0 Å². The quantitative estimate of drug-likeness (QED) is 0.915. The van der Waals surface area contributed by atoms with Crippen LogP contribution in [0.25, 0.3) is 0 Å². The van der Waals surface area contributed by atoms with Crippen molar-refractivity contribution in [1.29, 1.82) is 0 Å². The summed E-state index contributed by atoms with van der Waals surface area (Å²) >= 11 is 0. The molecule has 0 radical (unpaired) electrons. The van der Waals surface area contributed by atoms with E-state index in [-0.39, 0.29) is 0 Å². The number of nitrogens with two attached hydrogens (primary N) is 1. The Morgan fingerprint density at radius 1 is 1.26 bits per heavy atom. The van der Waals surface area contributed by atoms with E-state index in [1.165, 1.54) is 6.07 Å². The number of alkyl halides is 3. The van der Waals surface area contributed by atoms with Gasteiger partial charge in [-0.1, -0.05) is 12.1 Å². The van der Waals surface area contributed by atoms with Gasteiger partial charge in [0.05, 0.1) is 5.56 Å². The standard InChI is InChI=1S/C14H19F3N2/c15-14(16,17)12-5-1-2-6-13(12)19-9-3-4-11(10-19)7-8-18/h1-2,5-6,11H,3-4,7-10,18H2. The summed E-state index contributed by atoms with van der Waals surface area (Å²) in [4.78, 5) is 1.85. The highest BCUT2D eigenvalue weighted by atomic mass is 19.4. The summed E-state index contributed by atoms with van der Waals surface area (Å²) in [6, 6.07) is 5.82. The zero-order valence-corrected chi connectivity index (χ0v) is 10.8. The number of hydrogen-bond donors (Lipinski definition) is 1. The molecule has 0 saturated carbocycles. The molecule has 1 fully saturated rings. The molecule has 0 bridgehead atoms. The van der Waals surface area contributed by atoms with E-state index < -0.39 is 11.7 Å². The minimum Gasteiger partial charge on any atom is -0.371 e. The van der Waals surface area contributed by atoms with E-state index in [0.29, 0.717) is 31.2 Å². The Labute approximate surface area is 111 Å². The highest BCUT2D eigenvalue weighted by Crippen LogP contribution is 2.37. The van der Waals surface area contributed by atoms with Crippen molar-refractivity contribution < 1.29 is 13.2 Å². The predicted octanol–water partition coefficient (Wildman–Crippen LogP) is 3.27. The molecule has 1 aromatic rings. The molecule has 1 aromatic carbocycles. The SMILES string of the molecule is NCCC1CCCN(c2ccccc2C(F)(F)F)C1. The molecule has 1 aliphatic rings. The molecule has 19 heavy (non-hydrogen) atoms. The van der Waals surface area contributed by atoms with Crippen LogP contribution >= 0.6 is 0 Å². The molecule has 2 rings (SSSR count). The second-order valence-electron chi connectivity index (χ2n) is 5.05. The smallest absolute Gasteiger partial charge is 0.371 e. The molecular weight excluding hydrogens is 253 g/mol. The fraction of sp³-hybridized carbons (Fsp3) is 0.571. The topological polar surface area (TPSA) is 29.3 Å². The molecule has 1 atom stereocenters. The van der Waals surface area contributed by atoms with E-state index in [0.717, 1.165) is 25.3 Å². The third kappa shape index (κ3) is 3.41. The van der Waals surface area contributed by atoms with Gasteiger partial charge in [0.25, 0.3) is 0 Å². The number of hydrogen-bond acceptors (Lipinski definition) is 2. The van der Waals surface area contributed by atoms with Gasteiger partial charge < -0.3 is 10.6 Å². The lowest BCUT2D eigenvalue weighted by Gasteiger charge is -2.35. The summed E-state index contributed by atoms with van der Waals surface area (Å²) in [6.45, 7) is 1.96. The molecule has 2 nitrogen and oxygen atoms in total. The molecule has 1 saturated heterocycles. The average Bonchev–Trinajstić information content (AvgIpc) is 2.38. The fourth-order valence-corrected chi connectivity index (χ4v) is 2.74. The van der Waals surface area contributed by atoms with Gasteiger partial charge >= 0.3 is 6.18 Å². The molecule has 1 heterocycles. The number of rotatable bonds is 3. The first-order valence-corrected chi connectivity index (χ1v) is 6.63. The van der Waals surface area contributed by atoms with E-state index in [2.05, 4.69) is 0 Å². The molecule has 0 amide bonds. The first kappa shape index (κ1) is 14.2. The second kappa shape index (κ2) is 5.82. The monoisotopic (exact) mass is 272 g/mol. The van der Waals surface area contributed by atoms with Crippen LogP contribution in [0.2, 0.25) is 0 Å². The predicted molar refractivity (Wildman–Crippen MR) is 70.1 cm³/mol. The molecule has 1 unspecified atom stereocenters. The average molecular weight is 272 g/mol. The maximum Gasteiger partial charge on any atom is 0.418 e. The van der Waals surface area contributed by atoms with Crippen molar-refractivity contribution in [2.24, 2.45) is 11.7 Å². The van der Waals surface area contributed by atoms with Gasteiger partial charge in [0.1, 0.15) is 0 Å². The molecular formula is C14H19F3N2. The first-order chi connectivity index (χ1) is 9.02. The molecule has 2 N–H and O–H groups in total. The number of anilines is 1. The summed E-state index contributed by atoms with van der Waals surface area (Å²) in [5, 5.41) is 0. The van der Waals surface area contributed by atoms with Gasteiger partial charge in [0.2, 0.25) is 0 Å². The van der Waals surface area contributed by atoms with Gasteiger partial charge in [-0.25, -0.2) is 0 Å². The fourth-order valence-electron chi connectivity index (χ4n) is 2.74. The third-order valence-corrected chi connectivity index (χ3v) is 3.64. The Kier molecular flexibility index (Phi) is 4.34. The maximum absolute atomic E-state index is 13.0. The van der Waals surface area contributed by atoms with E-state index in [4.69, 9.17) is 5.73 Å². The van der Waals surface area contributed by atoms with Crippen LogP contribution in [-0.2, 0) is 6.18 Å². The molecule has 106 valence electrons. The van der Waals surface area contributed by atoms with Crippen molar-refractivity contribution in [2.75, 3.05) is 24.5 Å². The minimum atomic E-state index is -4.29. The van der Waals surface area contributed by atoms with Crippen molar-refractivity contribution >= 4 is 5.69 Å². The van der Waals surface area contributed by atoms with Crippen molar-refractivity contribution in [1.82, 2.24) is 0 Å². The van der Waals surface area contributed by atoms with Gasteiger partial charge in [0, 0.05) is 18.8 Å². The Hall–Kier alpha value is -1.23. The highest BCUT2D eigenvalue weighted by molar-refractivity contribution is 5.55. The normalized spacial score (nSPS) is 20.6. The van der Waals surface area contributed by atoms with E-state index in [1.54, 1.807) is 12.1 Å². The Morgan fingerprint density at radius 3 is 2.68 bits per heavy atom. The van der Waals surface area contributed by atoms with Gasteiger partial charge in [-0.2, -0.15) is 13.2 Å². The zero-order valence-electron chi connectivity index (χ0n) is 10.8. The van der Waals surface area contributed by atoms with Crippen LogP contribution in [0, 0.1) is 5.92 Å². The maximum atomic E-state index is 13.0. The Morgan fingerprint density at radius 2 is 2.00 bits per heavy atom. The molecule has 1 aliphatic heterocycles. The van der Waals surface area contributed by atoms with Gasteiger partial charge in [-0.05, 0) is 43.9 Å². The van der Waals surface area contributed by atoms with Crippen molar-refractivity contribution in [2.45, 2.75) is 25.4 Å². The number of halogens is 3. The summed E-state index contributed by atoms with van der Waals surface area (Å²) < 4.78 is 39.0. The molecule has 0 aliphatic carbocycles. The van der Waals surface area contributed by atoms with Gasteiger partial charge in [-0.15, -0.1) is 0 Å². The van der Waals surface area contributed by atoms with Crippen LogP contribution in [0.4, 0.5) is 18.9 Å². The van der Waals surface area contributed by atoms with Crippen LogP contribution in [-0.4, -0.2) is 19.6 Å². The van der Waals surface area contributed by atoms with Crippen molar-refractivity contribution in [3.8, 4) is 0 Å². The lowest BCUT2D eigenvalue weighted by Crippen LogP contribution is -2.37. The number of nitrogens with zero attached hydrogens (tertiary/aromatic N) is 1. The number of benzene rings is 1. The lowest BCUT2D eigenvalue weighted by molar-refractivity contribution is -0.137.